The molecule has 2 aliphatic heterocycles. The monoisotopic (exact) mass is 266 g/mol. The predicted molar refractivity (Wildman–Crippen MR) is 72.7 cm³/mol. The third kappa shape index (κ3) is 2.27. The van der Waals surface area contributed by atoms with Crippen molar-refractivity contribution in [3.8, 4) is 0 Å². The van der Waals surface area contributed by atoms with Gasteiger partial charge in [-0.25, -0.2) is 0 Å². The Balaban J connectivity index is 1.82. The number of rotatable bonds is 1. The van der Waals surface area contributed by atoms with Crippen LogP contribution in [-0.2, 0) is 18.8 Å². The molecule has 0 amide bonds. The topological polar surface area (TPSA) is 36.9 Å². The highest BCUT2D eigenvalue weighted by molar-refractivity contribution is 6.54. The Kier molecular flexibility index (Phi) is 3.10. The van der Waals surface area contributed by atoms with Crippen molar-refractivity contribution in [3.63, 3.8) is 0 Å². The molecule has 0 N–H and O–H groups in total. The molecule has 3 rings (SSSR count). The third-order valence-electron chi connectivity index (χ3n) is 4.73. The summed E-state index contributed by atoms with van der Waals surface area (Å²) in [6.45, 7) is 9.66. The molecule has 0 aromatic carbocycles. The number of hydrogen-bond donors (Lipinski definition) is 0. The van der Waals surface area contributed by atoms with Crippen molar-refractivity contribution < 1.29 is 18.8 Å². The fraction of sp³-hybridized carbons (Fsp3) is 0.857. The summed E-state index contributed by atoms with van der Waals surface area (Å²) in [6.07, 6.45) is 5.06. The van der Waals surface area contributed by atoms with E-state index in [2.05, 4.69) is 33.8 Å². The number of allylic oxidation sites excluding steroid dienone is 1. The van der Waals surface area contributed by atoms with E-state index in [4.69, 9.17) is 18.8 Å². The minimum Gasteiger partial charge on any atom is -0.400 e. The Hall–Kier alpha value is -0.355. The van der Waals surface area contributed by atoms with Gasteiger partial charge in [0.05, 0.1) is 24.4 Å². The Morgan fingerprint density at radius 3 is 2.16 bits per heavy atom. The first kappa shape index (κ1) is 13.6. The van der Waals surface area contributed by atoms with E-state index in [-0.39, 0.29) is 18.3 Å². The van der Waals surface area contributed by atoms with Crippen molar-refractivity contribution in [2.24, 2.45) is 0 Å². The molecule has 0 aromatic heterocycles. The molecule has 3 aliphatic rings. The second kappa shape index (κ2) is 4.32. The van der Waals surface area contributed by atoms with Crippen LogP contribution in [0.4, 0.5) is 0 Å². The van der Waals surface area contributed by atoms with Gasteiger partial charge >= 0.3 is 7.12 Å². The molecular weight excluding hydrogens is 243 g/mol. The lowest BCUT2D eigenvalue weighted by Crippen LogP contribution is -2.41. The molecule has 5 heteroatoms. The first-order chi connectivity index (χ1) is 8.84. The van der Waals surface area contributed by atoms with E-state index in [1.807, 2.05) is 0 Å². The van der Waals surface area contributed by atoms with Crippen molar-refractivity contribution in [1.82, 2.24) is 0 Å². The average molecular weight is 266 g/mol. The normalized spacial score (nSPS) is 31.8. The summed E-state index contributed by atoms with van der Waals surface area (Å²) in [5, 5.41) is 0. The van der Waals surface area contributed by atoms with E-state index in [1.54, 1.807) is 0 Å². The molecule has 0 bridgehead atoms. The van der Waals surface area contributed by atoms with E-state index in [0.29, 0.717) is 13.2 Å². The van der Waals surface area contributed by atoms with Gasteiger partial charge in [0.1, 0.15) is 0 Å². The van der Waals surface area contributed by atoms with Gasteiger partial charge in [0.25, 0.3) is 0 Å². The molecule has 1 aliphatic carbocycles. The fourth-order valence-electron chi connectivity index (χ4n) is 2.84. The molecule has 19 heavy (non-hydrogen) atoms. The van der Waals surface area contributed by atoms with Gasteiger partial charge in [-0.05, 0) is 52.1 Å². The van der Waals surface area contributed by atoms with Gasteiger partial charge in [-0.2, -0.15) is 0 Å². The summed E-state index contributed by atoms with van der Waals surface area (Å²) in [5.41, 5.74) is 0.577. The standard InChI is InChI=1S/C14H23BO4/c1-12(2)13(3,4)19-15(18-12)11-6-5-7-14(10-11)16-8-9-17-14/h10H,5-9H2,1-4H3. The molecule has 106 valence electrons. The summed E-state index contributed by atoms with van der Waals surface area (Å²) >= 11 is 0. The van der Waals surface area contributed by atoms with Crippen LogP contribution >= 0.6 is 0 Å². The van der Waals surface area contributed by atoms with Gasteiger partial charge in [-0.1, -0.05) is 0 Å². The Morgan fingerprint density at radius 2 is 1.58 bits per heavy atom. The molecule has 1 spiro atoms. The van der Waals surface area contributed by atoms with Crippen molar-refractivity contribution in [3.05, 3.63) is 11.5 Å². The third-order valence-corrected chi connectivity index (χ3v) is 4.73. The zero-order valence-electron chi connectivity index (χ0n) is 12.3. The van der Waals surface area contributed by atoms with E-state index in [0.717, 1.165) is 24.7 Å². The summed E-state index contributed by atoms with van der Waals surface area (Å²) in [5.74, 6) is -0.517. The lowest BCUT2D eigenvalue weighted by Gasteiger charge is -2.32. The average Bonchev–Trinajstić information content (AvgIpc) is 2.83. The van der Waals surface area contributed by atoms with Crippen molar-refractivity contribution >= 4 is 7.12 Å². The first-order valence-corrected chi connectivity index (χ1v) is 7.19. The van der Waals surface area contributed by atoms with Crippen LogP contribution in [0.25, 0.3) is 0 Å². The van der Waals surface area contributed by atoms with Crippen molar-refractivity contribution in [2.45, 2.75) is 63.9 Å². The Labute approximate surface area is 115 Å². The molecule has 0 aromatic rings. The van der Waals surface area contributed by atoms with Crippen LogP contribution in [0.2, 0.25) is 0 Å². The minimum atomic E-state index is -0.517. The van der Waals surface area contributed by atoms with Crippen LogP contribution < -0.4 is 0 Å². The highest BCUT2D eigenvalue weighted by Gasteiger charge is 2.53. The summed E-state index contributed by atoms with van der Waals surface area (Å²) < 4.78 is 23.7. The largest absolute Gasteiger partial charge is 0.490 e. The quantitative estimate of drug-likeness (QED) is 0.683. The van der Waals surface area contributed by atoms with Crippen LogP contribution in [-0.4, -0.2) is 37.3 Å². The van der Waals surface area contributed by atoms with Gasteiger partial charge in [-0.15, -0.1) is 0 Å². The van der Waals surface area contributed by atoms with Gasteiger partial charge in [0.2, 0.25) is 0 Å². The van der Waals surface area contributed by atoms with Crippen LogP contribution in [0.1, 0.15) is 47.0 Å². The van der Waals surface area contributed by atoms with Gasteiger partial charge in [0.15, 0.2) is 5.79 Å². The maximum absolute atomic E-state index is 6.10. The Morgan fingerprint density at radius 1 is 1.00 bits per heavy atom. The smallest absolute Gasteiger partial charge is 0.400 e. The van der Waals surface area contributed by atoms with E-state index in [1.165, 1.54) is 0 Å². The van der Waals surface area contributed by atoms with Crippen molar-refractivity contribution in [1.29, 1.82) is 0 Å². The zero-order chi connectivity index (χ0) is 13.7. The highest BCUT2D eigenvalue weighted by Crippen LogP contribution is 2.42. The highest BCUT2D eigenvalue weighted by atomic mass is 16.7. The van der Waals surface area contributed by atoms with Gasteiger partial charge in [0, 0.05) is 6.42 Å². The lowest BCUT2D eigenvalue weighted by molar-refractivity contribution is -0.125. The molecule has 0 atom stereocenters. The maximum Gasteiger partial charge on any atom is 0.490 e. The second-order valence-electron chi connectivity index (χ2n) is 6.67. The molecule has 0 unspecified atom stereocenters. The number of hydrogen-bond acceptors (Lipinski definition) is 4. The maximum atomic E-state index is 6.10. The van der Waals surface area contributed by atoms with Gasteiger partial charge < -0.3 is 18.8 Å². The van der Waals surface area contributed by atoms with Crippen LogP contribution in [0.5, 0.6) is 0 Å². The summed E-state index contributed by atoms with van der Waals surface area (Å²) in [4.78, 5) is 0. The molecule has 2 fully saturated rings. The van der Waals surface area contributed by atoms with Crippen LogP contribution in [0.15, 0.2) is 11.5 Å². The van der Waals surface area contributed by atoms with E-state index >= 15 is 0 Å². The second-order valence-corrected chi connectivity index (χ2v) is 6.67. The fourth-order valence-corrected chi connectivity index (χ4v) is 2.84. The minimum absolute atomic E-state index is 0.269. The summed E-state index contributed by atoms with van der Waals surface area (Å²) in [6, 6.07) is 0. The van der Waals surface area contributed by atoms with E-state index in [9.17, 15) is 0 Å². The molecule has 2 saturated heterocycles. The van der Waals surface area contributed by atoms with Crippen LogP contribution in [0, 0.1) is 0 Å². The number of ether oxygens (including phenoxy) is 2. The summed E-state index contributed by atoms with van der Waals surface area (Å²) in [7, 11) is -0.269. The lowest BCUT2D eigenvalue weighted by atomic mass is 9.71. The van der Waals surface area contributed by atoms with Crippen LogP contribution in [0.3, 0.4) is 0 Å². The Bertz CT molecular complexity index is 380. The SMILES string of the molecule is CC1(C)OB(C2=CC3(CCC2)OCCO3)OC1(C)C. The molecular formula is C14H23BO4. The molecule has 0 saturated carbocycles. The zero-order valence-corrected chi connectivity index (χ0v) is 12.3. The predicted octanol–water partition coefficient (Wildman–Crippen LogP) is 2.47. The van der Waals surface area contributed by atoms with E-state index < -0.39 is 5.79 Å². The van der Waals surface area contributed by atoms with Gasteiger partial charge in [-0.3, -0.25) is 0 Å². The molecule has 2 heterocycles. The molecule has 0 radical (unpaired) electrons. The molecule has 4 nitrogen and oxygen atoms in total. The van der Waals surface area contributed by atoms with Crippen molar-refractivity contribution in [2.75, 3.05) is 13.2 Å². The first-order valence-electron chi connectivity index (χ1n) is 7.19.